The molecule has 1 unspecified atom stereocenters. The lowest BCUT2D eigenvalue weighted by Gasteiger charge is -2.59. The van der Waals surface area contributed by atoms with Crippen molar-refractivity contribution in [2.75, 3.05) is 13.7 Å². The number of hydrogen-bond acceptors (Lipinski definition) is 10. The maximum atomic E-state index is 12.7. The van der Waals surface area contributed by atoms with Crippen molar-refractivity contribution in [3.8, 4) is 5.75 Å². The van der Waals surface area contributed by atoms with Gasteiger partial charge in [-0.05, 0) is 99.2 Å². The Morgan fingerprint density at radius 1 is 1.13 bits per heavy atom. The number of fused-ring (bicyclic) bond motifs is 5. The van der Waals surface area contributed by atoms with Crippen LogP contribution in [0.4, 0.5) is 5.69 Å². The molecule has 0 radical (unpaired) electrons. The maximum absolute atomic E-state index is 12.7. The number of nitrogens with one attached hydrogen (secondary N) is 2. The highest BCUT2D eigenvalue weighted by Gasteiger charge is 2.65. The zero-order valence-corrected chi connectivity index (χ0v) is 26.4. The van der Waals surface area contributed by atoms with Gasteiger partial charge in [-0.25, -0.2) is 10.0 Å². The zero-order chi connectivity index (χ0) is 32.7. The third-order valence-corrected chi connectivity index (χ3v) is 11.6. The van der Waals surface area contributed by atoms with Crippen molar-refractivity contribution in [2.45, 2.75) is 90.2 Å². The number of methoxy groups -OCH3 is 1. The highest BCUT2D eigenvalue weighted by atomic mass is 16.8. The molecule has 3 saturated carbocycles. The van der Waals surface area contributed by atoms with Crippen LogP contribution in [0, 0.1) is 33.8 Å². The summed E-state index contributed by atoms with van der Waals surface area (Å²) in [4.78, 5) is 42.9. The summed E-state index contributed by atoms with van der Waals surface area (Å²) in [6.45, 7) is 5.59. The third-order valence-electron chi connectivity index (χ3n) is 11.6. The maximum Gasteiger partial charge on any atom is 0.328 e. The predicted octanol–water partition coefficient (Wildman–Crippen LogP) is 2.65. The van der Waals surface area contributed by atoms with Gasteiger partial charge >= 0.3 is 5.97 Å². The molecule has 0 bridgehead atoms. The highest BCUT2D eigenvalue weighted by molar-refractivity contribution is 5.96. The Balaban J connectivity index is 1.20. The van der Waals surface area contributed by atoms with Gasteiger partial charge in [0.05, 0.1) is 12.8 Å². The fraction of sp³-hybridized carbons (Fsp3) is 0.636. The molecule has 0 aromatic heterocycles. The molecule has 0 spiro atoms. The second-order valence-electron chi connectivity index (χ2n) is 13.8. The largest absolute Gasteiger partial charge is 0.595 e. The number of allylic oxidation sites excluding steroid dienone is 2. The Bertz CT molecular complexity index is 1410. The van der Waals surface area contributed by atoms with Crippen LogP contribution in [0.15, 0.2) is 35.0 Å². The summed E-state index contributed by atoms with van der Waals surface area (Å²) in [5, 5.41) is 47.3. The molecular weight excluding hydrogens is 582 g/mol. The summed E-state index contributed by atoms with van der Waals surface area (Å²) in [6, 6.07) is 2.83. The van der Waals surface area contributed by atoms with E-state index in [2.05, 4.69) is 30.4 Å². The van der Waals surface area contributed by atoms with Crippen LogP contribution in [0.25, 0.3) is 0 Å². The van der Waals surface area contributed by atoms with Gasteiger partial charge in [0.2, 0.25) is 5.69 Å². The Labute approximate surface area is 263 Å². The number of aliphatic hydroxyl groups is 1. The zero-order valence-electron chi connectivity index (χ0n) is 26.4. The van der Waals surface area contributed by atoms with Gasteiger partial charge in [-0.15, -0.1) is 0 Å². The number of nitrogens with zero attached hydrogens (tertiary/aromatic N) is 1. The summed E-state index contributed by atoms with van der Waals surface area (Å²) in [5.41, 5.74) is 0.627. The average Bonchev–Trinajstić information content (AvgIpc) is 3.28. The fourth-order valence-electron chi connectivity index (χ4n) is 9.10. The van der Waals surface area contributed by atoms with Gasteiger partial charge in [-0.2, -0.15) is 5.23 Å². The van der Waals surface area contributed by atoms with Crippen molar-refractivity contribution in [3.05, 3.63) is 40.6 Å². The van der Waals surface area contributed by atoms with E-state index in [1.807, 2.05) is 0 Å². The Morgan fingerprint density at radius 2 is 1.87 bits per heavy atom. The first-order valence-corrected chi connectivity index (χ1v) is 15.8. The molecule has 8 atom stereocenters. The molecule has 45 heavy (non-hydrogen) atoms. The molecule has 5 N–H and O–H groups in total. The molecular formula is C33H45N3O9. The van der Waals surface area contributed by atoms with Crippen molar-refractivity contribution in [1.82, 2.24) is 5.32 Å². The van der Waals surface area contributed by atoms with Crippen molar-refractivity contribution in [2.24, 2.45) is 33.7 Å². The van der Waals surface area contributed by atoms with Crippen molar-refractivity contribution < 1.29 is 44.6 Å². The minimum absolute atomic E-state index is 0.0139. The van der Waals surface area contributed by atoms with Gasteiger partial charge in [0, 0.05) is 17.9 Å². The van der Waals surface area contributed by atoms with E-state index in [9.17, 15) is 35.0 Å². The number of carbonyl (C=O) groups excluding carboxylic acids is 3. The van der Waals surface area contributed by atoms with Crippen molar-refractivity contribution >= 4 is 29.1 Å². The Hall–Kier alpha value is -3.32. The first kappa shape index (κ1) is 33.1. The fourth-order valence-corrected chi connectivity index (χ4v) is 9.10. The lowest BCUT2D eigenvalue weighted by Crippen LogP contribution is -2.99. The first-order valence-electron chi connectivity index (χ1n) is 15.8. The molecule has 1 amide bonds. The predicted molar refractivity (Wildman–Crippen MR) is 162 cm³/mol. The topological polar surface area (TPSA) is 182 Å². The van der Waals surface area contributed by atoms with Gasteiger partial charge in [0.1, 0.15) is 11.6 Å². The van der Waals surface area contributed by atoms with E-state index in [-0.39, 0.29) is 28.7 Å². The number of carbonyl (C=O) groups is 3. The molecule has 12 heteroatoms. The number of benzene rings is 1. The summed E-state index contributed by atoms with van der Waals surface area (Å²) in [6.07, 6.45) is 8.86. The molecule has 12 nitrogen and oxygen atoms in total. The standard InChI is InChI=1S/C33H45N3O9/c1-19(37)33(41)14-11-25-23-7-6-21-17-22(9-12-31(21,2)24(23)10-13-32(25,33)3)35-45-18-29(39)34-26(30(40)44-4)15-20-5-8-28(38)27(16-20)36(42)43/h5,8,16-17,23-26,36,38,41-42H,6-7,9-15,18H2,1-4H3,(H,34,39)/t23-,24+,25+,26-,31-,32-,33+/m0/s1. The Morgan fingerprint density at radius 3 is 2.56 bits per heavy atom. The lowest BCUT2D eigenvalue weighted by molar-refractivity contribution is -0.991. The molecule has 4 aliphatic rings. The van der Waals surface area contributed by atoms with Crippen LogP contribution in [0.1, 0.15) is 77.7 Å². The van der Waals surface area contributed by atoms with Crippen LogP contribution in [-0.4, -0.2) is 64.2 Å². The number of phenols is 1. The third kappa shape index (κ3) is 5.89. The second-order valence-corrected chi connectivity index (χ2v) is 13.8. The minimum atomic E-state index is -1.32. The molecule has 1 aromatic rings. The van der Waals surface area contributed by atoms with Crippen LogP contribution >= 0.6 is 0 Å². The number of ether oxygens (including phenoxy) is 1. The number of ketones is 1. The summed E-state index contributed by atoms with van der Waals surface area (Å²) < 4.78 is 4.81. The second kappa shape index (κ2) is 12.5. The van der Waals surface area contributed by atoms with Gasteiger partial charge in [-0.1, -0.05) is 30.6 Å². The van der Waals surface area contributed by atoms with E-state index in [0.717, 1.165) is 44.2 Å². The average molecular weight is 628 g/mol. The Kier molecular flexibility index (Phi) is 9.16. The summed E-state index contributed by atoms with van der Waals surface area (Å²) >= 11 is 0. The molecule has 0 heterocycles. The van der Waals surface area contributed by atoms with Crippen LogP contribution < -0.4 is 10.5 Å². The van der Waals surface area contributed by atoms with Crippen molar-refractivity contribution in [1.29, 1.82) is 0 Å². The van der Waals surface area contributed by atoms with E-state index >= 15 is 0 Å². The van der Waals surface area contributed by atoms with E-state index in [4.69, 9.17) is 9.57 Å². The van der Waals surface area contributed by atoms with Gasteiger partial charge in [0.25, 0.3) is 5.91 Å². The van der Waals surface area contributed by atoms with Gasteiger partial charge in [0.15, 0.2) is 18.1 Å². The number of phenolic OH excluding ortho intramolecular Hbond substituents is 1. The normalized spacial score (nSPS) is 34.4. The number of aromatic hydroxyl groups is 1. The summed E-state index contributed by atoms with van der Waals surface area (Å²) in [7, 11) is 1.19. The molecule has 1 aromatic carbocycles. The smallest absolute Gasteiger partial charge is 0.328 e. The van der Waals surface area contributed by atoms with Crippen LogP contribution in [0.5, 0.6) is 5.75 Å². The number of oxime groups is 1. The number of quaternary nitrogens is 1. The minimum Gasteiger partial charge on any atom is -0.595 e. The molecule has 4 aliphatic carbocycles. The lowest BCUT2D eigenvalue weighted by atomic mass is 9.46. The van der Waals surface area contributed by atoms with Crippen molar-refractivity contribution in [3.63, 3.8) is 0 Å². The monoisotopic (exact) mass is 627 g/mol. The summed E-state index contributed by atoms with van der Waals surface area (Å²) in [5.74, 6) is -0.519. The molecule has 0 aliphatic heterocycles. The number of Topliss-reactive ketones (excluding diaryl/α,β-unsaturated/α-hetero) is 1. The number of esters is 1. The van der Waals surface area contributed by atoms with E-state index < -0.39 is 41.1 Å². The number of amides is 1. The van der Waals surface area contributed by atoms with Crippen LogP contribution in [0.3, 0.4) is 0 Å². The molecule has 3 fully saturated rings. The SMILES string of the molecule is COC(=O)[C@H](Cc1ccc(O)c([NH+]([O-])O)c1)NC(=O)CON=C1C=C2CC[C@H]3[C@@H](CC[C@@]4(C)[C@@H]3CC[C@@]4(O)C(C)=O)[C@@]2(C)CC1. The first-order chi connectivity index (χ1) is 21.2. The number of hydrogen-bond donors (Lipinski definition) is 5. The van der Waals surface area contributed by atoms with Crippen LogP contribution in [-0.2, 0) is 30.4 Å². The van der Waals surface area contributed by atoms with E-state index in [1.165, 1.54) is 37.8 Å². The number of rotatable bonds is 9. The van der Waals surface area contributed by atoms with Crippen LogP contribution in [0.2, 0.25) is 0 Å². The quantitative estimate of drug-likeness (QED) is 0.156. The van der Waals surface area contributed by atoms with E-state index in [0.29, 0.717) is 36.2 Å². The molecule has 0 saturated heterocycles. The molecule has 246 valence electrons. The van der Waals surface area contributed by atoms with Gasteiger partial charge < -0.3 is 30.3 Å². The van der Waals surface area contributed by atoms with Gasteiger partial charge in [-0.3, -0.25) is 9.59 Å². The highest BCUT2D eigenvalue weighted by Crippen LogP contribution is 2.67. The molecule has 5 rings (SSSR count). The van der Waals surface area contributed by atoms with E-state index in [1.54, 1.807) is 0 Å².